The lowest BCUT2D eigenvalue weighted by atomic mass is 10.0. The smallest absolute Gasteiger partial charge is 0.256 e. The highest BCUT2D eigenvalue weighted by atomic mass is 16.2. The van der Waals surface area contributed by atoms with E-state index in [1.54, 1.807) is 4.90 Å². The maximum absolute atomic E-state index is 12.7. The Labute approximate surface area is 170 Å². The second-order valence-electron chi connectivity index (χ2n) is 7.65. The number of aryl methyl sites for hydroxylation is 2. The molecule has 2 aromatic carbocycles. The van der Waals surface area contributed by atoms with Gasteiger partial charge in [0.1, 0.15) is 5.82 Å². The number of aromatic amines is 1. The predicted molar refractivity (Wildman–Crippen MR) is 113 cm³/mol. The van der Waals surface area contributed by atoms with E-state index in [9.17, 15) is 9.59 Å². The van der Waals surface area contributed by atoms with E-state index < -0.39 is 0 Å². The van der Waals surface area contributed by atoms with Crippen LogP contribution in [-0.2, 0) is 30.6 Å². The minimum Gasteiger partial charge on any atom is -0.338 e. The minimum atomic E-state index is -0.127. The Morgan fingerprint density at radius 3 is 2.69 bits per heavy atom. The molecule has 148 valence electrons. The molecular formula is C24H25N3O2. The molecule has 0 atom stereocenters. The van der Waals surface area contributed by atoms with Gasteiger partial charge in [0.15, 0.2) is 0 Å². The largest absolute Gasteiger partial charge is 0.338 e. The van der Waals surface area contributed by atoms with E-state index in [1.807, 2.05) is 42.5 Å². The zero-order chi connectivity index (χ0) is 20.2. The number of benzene rings is 2. The summed E-state index contributed by atoms with van der Waals surface area (Å²) in [5.41, 5.74) is 4.78. The summed E-state index contributed by atoms with van der Waals surface area (Å²) >= 11 is 0. The van der Waals surface area contributed by atoms with Crippen LogP contribution in [0.2, 0.25) is 0 Å². The highest BCUT2D eigenvalue weighted by Crippen LogP contribution is 2.17. The van der Waals surface area contributed by atoms with Crippen molar-refractivity contribution in [1.82, 2.24) is 14.9 Å². The van der Waals surface area contributed by atoms with Crippen molar-refractivity contribution < 1.29 is 4.79 Å². The molecule has 0 fully saturated rings. The molecule has 1 aliphatic heterocycles. The van der Waals surface area contributed by atoms with Gasteiger partial charge in [-0.3, -0.25) is 9.59 Å². The average molecular weight is 387 g/mol. The first-order valence-corrected chi connectivity index (χ1v) is 10.1. The Bertz CT molecular complexity index is 1070. The zero-order valence-corrected chi connectivity index (χ0v) is 16.6. The normalized spacial score (nSPS) is 13.2. The van der Waals surface area contributed by atoms with Gasteiger partial charge < -0.3 is 9.88 Å². The van der Waals surface area contributed by atoms with Gasteiger partial charge in [-0.25, -0.2) is 4.98 Å². The summed E-state index contributed by atoms with van der Waals surface area (Å²) in [6, 6.07) is 18.2. The molecule has 5 nitrogen and oxygen atoms in total. The molecule has 1 aliphatic rings. The van der Waals surface area contributed by atoms with Crippen molar-refractivity contribution in [3.8, 4) is 0 Å². The number of fused-ring (bicyclic) bond motifs is 1. The number of aromatic nitrogens is 2. The van der Waals surface area contributed by atoms with E-state index in [-0.39, 0.29) is 11.5 Å². The number of hydrogen-bond acceptors (Lipinski definition) is 3. The second-order valence-corrected chi connectivity index (χ2v) is 7.65. The summed E-state index contributed by atoms with van der Waals surface area (Å²) in [5, 5.41) is 0. The van der Waals surface area contributed by atoms with Crippen LogP contribution in [0.15, 0.2) is 59.4 Å². The molecule has 0 unspecified atom stereocenters. The van der Waals surface area contributed by atoms with Gasteiger partial charge in [0, 0.05) is 25.8 Å². The molecule has 0 spiro atoms. The Balaban J connectivity index is 1.44. The zero-order valence-electron chi connectivity index (χ0n) is 16.6. The lowest BCUT2D eigenvalue weighted by Crippen LogP contribution is -2.40. The van der Waals surface area contributed by atoms with Crippen molar-refractivity contribution in [1.29, 1.82) is 0 Å². The van der Waals surface area contributed by atoms with E-state index in [4.69, 9.17) is 4.98 Å². The van der Waals surface area contributed by atoms with Crippen LogP contribution in [-0.4, -0.2) is 27.3 Å². The maximum Gasteiger partial charge on any atom is 0.256 e. The van der Waals surface area contributed by atoms with Gasteiger partial charge in [0.05, 0.1) is 17.8 Å². The summed E-state index contributed by atoms with van der Waals surface area (Å²) in [7, 11) is 0. The van der Waals surface area contributed by atoms with E-state index in [1.165, 1.54) is 5.56 Å². The SMILES string of the molecule is Cc1cccc(Cc2nc3c(c(=O)[nH]2)CN(C(=O)CCc2ccccc2)CC3)c1. The first-order valence-electron chi connectivity index (χ1n) is 10.1. The molecule has 5 heteroatoms. The lowest BCUT2D eigenvalue weighted by molar-refractivity contribution is -0.132. The Kier molecular flexibility index (Phi) is 5.56. The van der Waals surface area contributed by atoms with Crippen LogP contribution in [0.5, 0.6) is 0 Å². The van der Waals surface area contributed by atoms with Crippen molar-refractivity contribution in [3.63, 3.8) is 0 Å². The third kappa shape index (κ3) is 4.62. The van der Waals surface area contributed by atoms with Gasteiger partial charge in [-0.05, 0) is 24.5 Å². The molecule has 0 bridgehead atoms. The van der Waals surface area contributed by atoms with E-state index in [0.717, 1.165) is 16.8 Å². The van der Waals surface area contributed by atoms with Gasteiger partial charge in [-0.2, -0.15) is 0 Å². The molecule has 0 saturated carbocycles. The van der Waals surface area contributed by atoms with E-state index in [2.05, 4.69) is 24.0 Å². The summed E-state index contributed by atoms with van der Waals surface area (Å²) in [6.07, 6.45) is 2.39. The van der Waals surface area contributed by atoms with Crippen molar-refractivity contribution >= 4 is 5.91 Å². The molecule has 1 aromatic heterocycles. The number of nitrogens with one attached hydrogen (secondary N) is 1. The van der Waals surface area contributed by atoms with Crippen LogP contribution >= 0.6 is 0 Å². The Morgan fingerprint density at radius 2 is 1.90 bits per heavy atom. The number of nitrogens with zero attached hydrogens (tertiary/aromatic N) is 2. The van der Waals surface area contributed by atoms with E-state index >= 15 is 0 Å². The van der Waals surface area contributed by atoms with E-state index in [0.29, 0.717) is 50.2 Å². The molecule has 1 N–H and O–H groups in total. The van der Waals surface area contributed by atoms with Crippen molar-refractivity contribution in [2.45, 2.75) is 39.2 Å². The lowest BCUT2D eigenvalue weighted by Gasteiger charge is -2.28. The summed E-state index contributed by atoms with van der Waals surface area (Å²) in [4.78, 5) is 34.7. The second kappa shape index (κ2) is 8.43. The fraction of sp³-hybridized carbons (Fsp3) is 0.292. The molecule has 4 rings (SSSR count). The highest BCUT2D eigenvalue weighted by Gasteiger charge is 2.24. The van der Waals surface area contributed by atoms with Crippen molar-refractivity contribution in [2.24, 2.45) is 0 Å². The Morgan fingerprint density at radius 1 is 1.10 bits per heavy atom. The average Bonchev–Trinajstić information content (AvgIpc) is 2.72. The van der Waals surface area contributed by atoms with Crippen LogP contribution in [0, 0.1) is 6.92 Å². The summed E-state index contributed by atoms with van der Waals surface area (Å²) in [5.74, 6) is 0.769. The molecule has 0 aliphatic carbocycles. The molecule has 29 heavy (non-hydrogen) atoms. The van der Waals surface area contributed by atoms with Crippen LogP contribution in [0.3, 0.4) is 0 Å². The summed E-state index contributed by atoms with van der Waals surface area (Å²) < 4.78 is 0. The standard InChI is InChI=1S/C24H25N3O2/c1-17-6-5-9-19(14-17)15-22-25-21-12-13-27(16-20(21)24(29)26-22)23(28)11-10-18-7-3-2-4-8-18/h2-9,14H,10-13,15-16H2,1H3,(H,25,26,29). The van der Waals surface area contributed by atoms with Crippen molar-refractivity contribution in [2.75, 3.05) is 6.54 Å². The van der Waals surface area contributed by atoms with Crippen molar-refractivity contribution in [3.05, 3.63) is 98.7 Å². The van der Waals surface area contributed by atoms with Gasteiger partial charge in [0.2, 0.25) is 5.91 Å². The molecule has 0 radical (unpaired) electrons. The predicted octanol–water partition coefficient (Wildman–Crippen LogP) is 3.19. The Hall–Kier alpha value is -3.21. The molecule has 0 saturated heterocycles. The van der Waals surface area contributed by atoms with Crippen LogP contribution in [0.4, 0.5) is 0 Å². The number of hydrogen-bond donors (Lipinski definition) is 1. The number of carbonyl (C=O) groups excluding carboxylic acids is 1. The van der Waals surface area contributed by atoms with Gasteiger partial charge in [0.25, 0.3) is 5.56 Å². The van der Waals surface area contributed by atoms with Crippen LogP contribution in [0.25, 0.3) is 0 Å². The van der Waals surface area contributed by atoms with Crippen LogP contribution < -0.4 is 5.56 Å². The van der Waals surface area contributed by atoms with Gasteiger partial charge in [-0.15, -0.1) is 0 Å². The fourth-order valence-electron chi connectivity index (χ4n) is 3.84. The minimum absolute atomic E-state index is 0.0859. The first kappa shape index (κ1) is 19.1. The molecule has 2 heterocycles. The first-order chi connectivity index (χ1) is 14.1. The fourth-order valence-corrected chi connectivity index (χ4v) is 3.84. The molecular weight excluding hydrogens is 362 g/mol. The number of amides is 1. The quantitative estimate of drug-likeness (QED) is 0.731. The third-order valence-electron chi connectivity index (χ3n) is 5.39. The number of carbonyl (C=O) groups is 1. The number of H-pyrrole nitrogens is 1. The highest BCUT2D eigenvalue weighted by molar-refractivity contribution is 5.76. The maximum atomic E-state index is 12.7. The van der Waals surface area contributed by atoms with Crippen LogP contribution in [0.1, 0.15) is 40.2 Å². The number of rotatable bonds is 5. The monoisotopic (exact) mass is 387 g/mol. The molecule has 1 amide bonds. The third-order valence-corrected chi connectivity index (χ3v) is 5.39. The van der Waals surface area contributed by atoms with Gasteiger partial charge >= 0.3 is 0 Å². The summed E-state index contributed by atoms with van der Waals surface area (Å²) in [6.45, 7) is 3.01. The van der Waals surface area contributed by atoms with Gasteiger partial charge in [-0.1, -0.05) is 60.2 Å². The molecule has 3 aromatic rings. The topological polar surface area (TPSA) is 66.1 Å².